The highest BCUT2D eigenvalue weighted by Crippen LogP contribution is 2.39. The molecule has 7 aliphatic rings. The van der Waals surface area contributed by atoms with Gasteiger partial charge >= 0.3 is 0 Å². The van der Waals surface area contributed by atoms with Gasteiger partial charge in [-0.1, -0.05) is 0 Å². The molecule has 7 saturated heterocycles. The van der Waals surface area contributed by atoms with Crippen molar-refractivity contribution in [2.24, 2.45) is 0 Å². The summed E-state index contributed by atoms with van der Waals surface area (Å²) in [5, 5.41) is 270. The number of amides is 3. The van der Waals surface area contributed by atoms with Crippen molar-refractivity contribution < 1.29 is 203 Å². The van der Waals surface area contributed by atoms with Crippen molar-refractivity contribution >= 4 is 17.7 Å². The summed E-state index contributed by atoms with van der Waals surface area (Å²) in [6, 6.07) is -5.46. The lowest BCUT2D eigenvalue weighted by molar-refractivity contribution is -0.399. The van der Waals surface area contributed by atoms with Gasteiger partial charge in [0.2, 0.25) is 17.7 Å². The molecule has 570 valence electrons. The lowest BCUT2D eigenvalue weighted by atomic mass is 9.94. The van der Waals surface area contributed by atoms with Gasteiger partial charge in [0.1, 0.15) is 189 Å². The molecule has 39 atom stereocenters. The maximum absolute atomic E-state index is 12.8. The molecule has 44 heteroatoms. The molecule has 0 unspecified atom stereocenters. The SMILES string of the molecule is CC(=O)N[C@H]1[C@H](O[C@@H]2[C@H](O)[C@@H](O[C@@H]3[C@H](O)[C@H](O[C@@H]([C@H](O)[C@H](CO)NC(C)=O)[C@H](O)CO)O[C@H](CO[C@H]4O[C@H](CO[C@H]5O[C@H](CO)[C@@H](O)[C@H](O)[C@@H]5O)[C@@H](O)[C@H](O[C@H]5O[C@H](CO)[C@@H](O)[C@H](O)[C@@H]5O)[C@@H]4O)[C@H]3O[C@@H]3O[C@H](CO)[C@@H](O)[C@H](O)[C@H]3NC(C)=O)O[C@H](CO)[C@H]2O)O[C@H](CO)[C@@H](O)[C@@H]1O. The topological polar surface area (TPSA) is 702 Å². The molecule has 7 rings (SSSR count). The van der Waals surface area contributed by atoms with Crippen molar-refractivity contribution in [1.29, 1.82) is 0 Å². The van der Waals surface area contributed by atoms with Crippen LogP contribution in [-0.2, 0) is 80.7 Å². The second-order valence-corrected chi connectivity index (χ2v) is 24.4. The van der Waals surface area contributed by atoms with Gasteiger partial charge in [-0.25, -0.2) is 0 Å². The number of hydrogen-bond donors (Lipinski definition) is 27. The van der Waals surface area contributed by atoms with Crippen molar-refractivity contribution in [2.75, 3.05) is 59.5 Å². The van der Waals surface area contributed by atoms with E-state index in [0.717, 1.165) is 20.8 Å². The summed E-state index contributed by atoms with van der Waals surface area (Å²) in [4.78, 5) is 37.5. The van der Waals surface area contributed by atoms with Gasteiger partial charge in [-0.15, -0.1) is 0 Å². The minimum atomic E-state index is -2.63. The molecule has 7 aliphatic heterocycles. The van der Waals surface area contributed by atoms with Crippen LogP contribution in [-0.4, -0.2) is 439 Å². The molecule has 0 aromatic carbocycles. The fourth-order valence-electron chi connectivity index (χ4n) is 12.1. The van der Waals surface area contributed by atoms with E-state index in [1.165, 1.54) is 0 Å². The zero-order valence-electron chi connectivity index (χ0n) is 52.6. The van der Waals surface area contributed by atoms with Gasteiger partial charge in [0, 0.05) is 20.8 Å². The number of ether oxygens (including phenoxy) is 14. The molecule has 44 nitrogen and oxygen atoms in total. The normalized spacial score (nSPS) is 46.1. The first-order valence-electron chi connectivity index (χ1n) is 31.0. The van der Waals surface area contributed by atoms with Gasteiger partial charge in [0.05, 0.1) is 65.5 Å². The Kier molecular flexibility index (Phi) is 30.6. The zero-order valence-corrected chi connectivity index (χ0v) is 52.6. The second kappa shape index (κ2) is 36.5. The Labute approximate surface area is 555 Å². The summed E-state index contributed by atoms with van der Waals surface area (Å²) in [7, 11) is 0. The van der Waals surface area contributed by atoms with E-state index in [1.54, 1.807) is 0 Å². The van der Waals surface area contributed by atoms with Gasteiger partial charge in [-0.3, -0.25) is 14.4 Å². The van der Waals surface area contributed by atoms with Crippen LogP contribution in [0.15, 0.2) is 0 Å². The van der Waals surface area contributed by atoms with E-state index in [9.17, 15) is 137 Å². The molecule has 7 fully saturated rings. The van der Waals surface area contributed by atoms with Crippen molar-refractivity contribution in [1.82, 2.24) is 16.0 Å². The quantitative estimate of drug-likeness (QED) is 0.0331. The van der Waals surface area contributed by atoms with E-state index in [-0.39, 0.29) is 0 Å². The average Bonchev–Trinajstić information content (AvgIpc) is 0.754. The number of carbonyl (C=O) groups excluding carboxylic acids is 3. The molecule has 0 bridgehead atoms. The summed E-state index contributed by atoms with van der Waals surface area (Å²) < 4.78 is 82.7. The van der Waals surface area contributed by atoms with Crippen molar-refractivity contribution in [3.05, 3.63) is 0 Å². The van der Waals surface area contributed by atoms with Gasteiger partial charge in [0.15, 0.2) is 44.0 Å². The molecule has 0 aromatic heterocycles. The molecule has 27 N–H and O–H groups in total. The Morgan fingerprint density at radius 3 is 1.13 bits per heavy atom. The fourth-order valence-corrected chi connectivity index (χ4v) is 12.1. The van der Waals surface area contributed by atoms with E-state index >= 15 is 0 Å². The Morgan fingerprint density at radius 2 is 0.684 bits per heavy atom. The van der Waals surface area contributed by atoms with Crippen molar-refractivity contribution in [3.8, 4) is 0 Å². The maximum atomic E-state index is 12.8. The van der Waals surface area contributed by atoms with E-state index < -0.39 is 316 Å². The average molecular weight is 1440 g/mol. The number of rotatable bonds is 29. The summed E-state index contributed by atoms with van der Waals surface area (Å²) in [5.74, 6) is -2.69. The summed E-state index contributed by atoms with van der Waals surface area (Å²) in [6.45, 7) is -7.11. The van der Waals surface area contributed by atoms with E-state index in [4.69, 9.17) is 66.3 Å². The highest BCUT2D eigenvalue weighted by Gasteiger charge is 2.59. The number of aliphatic hydroxyl groups is 24. The smallest absolute Gasteiger partial charge is 0.217 e. The number of carbonyl (C=O) groups is 3. The first kappa shape index (κ1) is 82.2. The van der Waals surface area contributed by atoms with Gasteiger partial charge in [0.25, 0.3) is 0 Å². The fraction of sp³-hybridized carbons (Fsp3) is 0.944. The summed E-state index contributed by atoms with van der Waals surface area (Å²) in [5.41, 5.74) is 0. The van der Waals surface area contributed by atoms with Gasteiger partial charge in [-0.05, 0) is 0 Å². The molecule has 0 radical (unpaired) electrons. The molecule has 0 spiro atoms. The van der Waals surface area contributed by atoms with Crippen LogP contribution in [0.25, 0.3) is 0 Å². The van der Waals surface area contributed by atoms with Crippen LogP contribution in [0, 0.1) is 0 Å². The van der Waals surface area contributed by atoms with Gasteiger partial charge in [-0.2, -0.15) is 0 Å². The molecule has 7 heterocycles. The van der Waals surface area contributed by atoms with Crippen molar-refractivity contribution in [3.63, 3.8) is 0 Å². The van der Waals surface area contributed by atoms with Crippen LogP contribution in [0.5, 0.6) is 0 Å². The molecule has 0 aromatic rings. The molecule has 3 amide bonds. The highest BCUT2D eigenvalue weighted by atomic mass is 16.8. The minimum absolute atomic E-state index is 0.861. The van der Waals surface area contributed by atoms with Crippen molar-refractivity contribution in [2.45, 2.75) is 260 Å². The Balaban J connectivity index is 1.35. The van der Waals surface area contributed by atoms with Crippen LogP contribution < -0.4 is 16.0 Å². The third kappa shape index (κ3) is 18.7. The third-order valence-corrected chi connectivity index (χ3v) is 17.5. The highest BCUT2D eigenvalue weighted by molar-refractivity contribution is 5.74. The molecule has 98 heavy (non-hydrogen) atoms. The second-order valence-electron chi connectivity index (χ2n) is 24.4. The first-order valence-corrected chi connectivity index (χ1v) is 31.0. The Morgan fingerprint density at radius 1 is 0.347 bits per heavy atom. The monoisotopic (exact) mass is 1440 g/mol. The number of hydrogen-bond acceptors (Lipinski definition) is 41. The third-order valence-electron chi connectivity index (χ3n) is 17.5. The molecular formula is C54H93N3O41. The first-order chi connectivity index (χ1) is 46.3. The summed E-state index contributed by atoms with van der Waals surface area (Å²) >= 11 is 0. The Hall–Kier alpha value is -3.11. The standard InChI is InChI=1S/C54H93N3O41/c1-13(65)55-16(4-58)27(69)43(17(68)5-59)94-54-42(84)47(98-53-41(83)45(32(74)22(10-64)91-53)96-49-26(57-15(3)67)35(77)29(71)19(7-61)88-49)44(95-48-25(56-14(2)66)34(76)28(70)18(6-60)87-48)24(93-54)12-86-51-40(82)46(97-52-39(81)37(79)31(73)21(9-63)90-52)33(75)23(92-51)11-85-50-38(80)36(78)30(72)20(8-62)89-50/h16-54,58-64,68-84H,4-12H2,1-3H3,(H,55,65)(H,56,66)(H,57,67)/t16-,17+,18+,19+,20+,21+,22+,23+,24+,25+,26+,27+,28+,29+,30+,31+,32+,33+,34+,35+,36-,37-,38-,39-,40-,41-,42-,43+,44+,45-,46-,47+,48-,49-,50-,51-,52+,53+,54-/m0/s1. The van der Waals surface area contributed by atoms with Gasteiger partial charge < -0.3 is 205 Å². The molecular weight excluding hydrogens is 1350 g/mol. The van der Waals surface area contributed by atoms with Crippen LogP contribution in [0.4, 0.5) is 0 Å². The summed E-state index contributed by atoms with van der Waals surface area (Å²) in [6.07, 6.45) is -77.1. The number of aliphatic hydroxyl groups excluding tert-OH is 24. The van der Waals surface area contributed by atoms with Crippen LogP contribution in [0.2, 0.25) is 0 Å². The minimum Gasteiger partial charge on any atom is -0.394 e. The van der Waals surface area contributed by atoms with E-state index in [0.29, 0.717) is 0 Å². The lowest BCUT2D eigenvalue weighted by Gasteiger charge is -2.51. The Bertz CT molecular complexity index is 2460. The predicted octanol–water partition coefficient (Wildman–Crippen LogP) is -18.4. The zero-order chi connectivity index (χ0) is 72.6. The van der Waals surface area contributed by atoms with Crippen LogP contribution in [0.1, 0.15) is 20.8 Å². The van der Waals surface area contributed by atoms with E-state index in [2.05, 4.69) is 16.0 Å². The number of nitrogens with one attached hydrogen (secondary N) is 3. The maximum Gasteiger partial charge on any atom is 0.217 e. The predicted molar refractivity (Wildman–Crippen MR) is 301 cm³/mol. The van der Waals surface area contributed by atoms with E-state index in [1.807, 2.05) is 0 Å². The van der Waals surface area contributed by atoms with Crippen LogP contribution >= 0.6 is 0 Å². The molecule has 0 saturated carbocycles. The van der Waals surface area contributed by atoms with Crippen LogP contribution in [0.3, 0.4) is 0 Å². The largest absolute Gasteiger partial charge is 0.394 e. The molecule has 0 aliphatic carbocycles. The lowest BCUT2D eigenvalue weighted by Crippen LogP contribution is -2.70.